The van der Waals surface area contributed by atoms with Gasteiger partial charge in [0.05, 0.1) is 8.68 Å². The molecule has 0 radical (unpaired) electrons. The van der Waals surface area contributed by atoms with Crippen LogP contribution >= 0.6 is 27.3 Å². The van der Waals surface area contributed by atoms with Crippen molar-refractivity contribution in [3.05, 3.63) is 63.3 Å². The molecule has 3 rings (SSSR count). The van der Waals surface area contributed by atoms with Crippen LogP contribution in [0.25, 0.3) is 10.8 Å². The van der Waals surface area contributed by atoms with E-state index in [0.29, 0.717) is 11.4 Å². The smallest absolute Gasteiger partial charge is 0.207 e. The minimum atomic E-state index is -3.49. The molecule has 0 spiro atoms. The first-order valence-corrected chi connectivity index (χ1v) is 9.71. The van der Waals surface area contributed by atoms with Gasteiger partial charge in [0.2, 0.25) is 10.0 Å². The van der Waals surface area contributed by atoms with E-state index in [2.05, 4.69) is 15.9 Å². The van der Waals surface area contributed by atoms with Gasteiger partial charge in [0, 0.05) is 18.5 Å². The average Bonchev–Trinajstić information content (AvgIpc) is 2.91. The number of rotatable bonds is 4. The summed E-state index contributed by atoms with van der Waals surface area (Å²) in [5, 5.41) is 1.96. The summed E-state index contributed by atoms with van der Waals surface area (Å²) in [6.07, 6.45) is 0. The third-order valence-corrected chi connectivity index (χ3v) is 6.84. The number of nitrogens with zero attached hydrogens (tertiary/aromatic N) is 1. The highest BCUT2D eigenvalue weighted by atomic mass is 79.9. The summed E-state index contributed by atoms with van der Waals surface area (Å²) in [6, 6.07) is 16.8. The summed E-state index contributed by atoms with van der Waals surface area (Å²) in [5.41, 5.74) is 0. The van der Waals surface area contributed by atoms with Crippen molar-refractivity contribution in [2.45, 2.75) is 11.4 Å². The molecule has 1 aromatic heterocycles. The molecule has 0 atom stereocenters. The van der Waals surface area contributed by atoms with Crippen molar-refractivity contribution in [3.8, 4) is 0 Å². The van der Waals surface area contributed by atoms with Crippen molar-refractivity contribution >= 4 is 48.1 Å². The summed E-state index contributed by atoms with van der Waals surface area (Å²) in [4.78, 5) is 1.32. The molecular weight excluding hydrogens is 382 g/mol. The molecule has 0 aliphatic heterocycles. The van der Waals surface area contributed by atoms with Crippen molar-refractivity contribution in [3.63, 3.8) is 0 Å². The van der Waals surface area contributed by atoms with Gasteiger partial charge in [-0.15, -0.1) is 11.3 Å². The number of hydrogen-bond donors (Lipinski definition) is 0. The van der Waals surface area contributed by atoms with Gasteiger partial charge in [0.15, 0.2) is 0 Å². The summed E-state index contributed by atoms with van der Waals surface area (Å²) >= 11 is 4.94. The topological polar surface area (TPSA) is 37.4 Å². The number of sulfonamides is 1. The highest BCUT2D eigenvalue weighted by Gasteiger charge is 2.21. The standard InChI is InChI=1S/C16H14BrNO2S2/c1-18(11-14-7-9-16(17)21-14)22(19,20)15-8-6-12-4-2-3-5-13(12)10-15/h2-10H,11H2,1H3. The lowest BCUT2D eigenvalue weighted by Crippen LogP contribution is -2.26. The fourth-order valence-electron chi connectivity index (χ4n) is 2.25. The Bertz CT molecular complexity index is 919. The van der Waals surface area contributed by atoms with Crippen LogP contribution < -0.4 is 0 Å². The molecule has 0 fully saturated rings. The second kappa shape index (κ2) is 6.12. The van der Waals surface area contributed by atoms with E-state index in [4.69, 9.17) is 0 Å². The fraction of sp³-hybridized carbons (Fsp3) is 0.125. The molecule has 22 heavy (non-hydrogen) atoms. The lowest BCUT2D eigenvalue weighted by Gasteiger charge is -2.16. The van der Waals surface area contributed by atoms with Crippen LogP contribution in [0.3, 0.4) is 0 Å². The Balaban J connectivity index is 1.92. The zero-order chi connectivity index (χ0) is 15.7. The molecule has 0 aliphatic rings. The Morgan fingerprint density at radius 1 is 1.05 bits per heavy atom. The molecule has 114 valence electrons. The zero-order valence-electron chi connectivity index (χ0n) is 11.9. The van der Waals surface area contributed by atoms with Crippen LogP contribution in [0.5, 0.6) is 0 Å². The van der Waals surface area contributed by atoms with Gasteiger partial charge in [-0.1, -0.05) is 30.3 Å². The van der Waals surface area contributed by atoms with Crippen molar-refractivity contribution in [2.75, 3.05) is 7.05 Å². The second-order valence-electron chi connectivity index (χ2n) is 4.98. The second-order valence-corrected chi connectivity index (χ2v) is 9.57. The highest BCUT2D eigenvalue weighted by molar-refractivity contribution is 9.11. The lowest BCUT2D eigenvalue weighted by molar-refractivity contribution is 0.470. The van der Waals surface area contributed by atoms with Crippen LogP contribution in [0.2, 0.25) is 0 Å². The molecule has 2 aromatic carbocycles. The van der Waals surface area contributed by atoms with Crippen molar-refractivity contribution in [1.82, 2.24) is 4.31 Å². The summed E-state index contributed by atoms with van der Waals surface area (Å²) < 4.78 is 27.8. The highest BCUT2D eigenvalue weighted by Crippen LogP contribution is 2.26. The van der Waals surface area contributed by atoms with Gasteiger partial charge in [-0.2, -0.15) is 4.31 Å². The minimum Gasteiger partial charge on any atom is -0.207 e. The molecule has 3 nitrogen and oxygen atoms in total. The number of halogens is 1. The Morgan fingerprint density at radius 3 is 2.45 bits per heavy atom. The third kappa shape index (κ3) is 3.10. The normalized spacial score (nSPS) is 12.1. The molecule has 0 saturated heterocycles. The Morgan fingerprint density at radius 2 is 1.77 bits per heavy atom. The van der Waals surface area contributed by atoms with Crippen LogP contribution in [0, 0.1) is 0 Å². The van der Waals surface area contributed by atoms with Gasteiger partial charge < -0.3 is 0 Å². The van der Waals surface area contributed by atoms with Gasteiger partial charge in [0.1, 0.15) is 0 Å². The Hall–Kier alpha value is -1.21. The Labute approximate surface area is 142 Å². The van der Waals surface area contributed by atoms with Crippen LogP contribution in [-0.2, 0) is 16.6 Å². The summed E-state index contributed by atoms with van der Waals surface area (Å²) in [6.45, 7) is 0.366. The minimum absolute atomic E-state index is 0.323. The molecule has 6 heteroatoms. The monoisotopic (exact) mass is 395 g/mol. The van der Waals surface area contributed by atoms with Crippen LogP contribution in [0.15, 0.2) is 63.3 Å². The predicted octanol–water partition coefficient (Wildman–Crippen LogP) is 4.48. The molecule has 1 heterocycles. The molecule has 0 bridgehead atoms. The van der Waals surface area contributed by atoms with E-state index >= 15 is 0 Å². The third-order valence-electron chi connectivity index (χ3n) is 3.44. The van der Waals surface area contributed by atoms with E-state index < -0.39 is 10.0 Å². The fourth-order valence-corrected chi connectivity index (χ4v) is 5.05. The Kier molecular flexibility index (Phi) is 4.36. The molecule has 0 aliphatic carbocycles. The van der Waals surface area contributed by atoms with E-state index in [9.17, 15) is 8.42 Å². The molecule has 0 saturated carbocycles. The van der Waals surface area contributed by atoms with E-state index in [1.54, 1.807) is 30.5 Å². The van der Waals surface area contributed by atoms with Gasteiger partial charge in [-0.25, -0.2) is 8.42 Å². The van der Waals surface area contributed by atoms with E-state index in [1.165, 1.54) is 4.31 Å². The van der Waals surface area contributed by atoms with Crippen LogP contribution in [0.4, 0.5) is 0 Å². The van der Waals surface area contributed by atoms with E-state index in [1.807, 2.05) is 42.5 Å². The number of fused-ring (bicyclic) bond motifs is 1. The number of hydrogen-bond acceptors (Lipinski definition) is 3. The van der Waals surface area contributed by atoms with Crippen LogP contribution in [-0.4, -0.2) is 19.8 Å². The van der Waals surface area contributed by atoms with E-state index in [0.717, 1.165) is 19.4 Å². The average molecular weight is 396 g/mol. The summed E-state index contributed by atoms with van der Waals surface area (Å²) in [5.74, 6) is 0. The number of thiophene rings is 1. The van der Waals surface area contributed by atoms with Gasteiger partial charge in [0.25, 0.3) is 0 Å². The first kappa shape index (κ1) is 15.7. The van der Waals surface area contributed by atoms with Crippen molar-refractivity contribution in [1.29, 1.82) is 0 Å². The molecule has 0 amide bonds. The maximum atomic E-state index is 12.7. The first-order chi connectivity index (χ1) is 10.5. The molecule has 0 unspecified atom stereocenters. The maximum Gasteiger partial charge on any atom is 0.243 e. The predicted molar refractivity (Wildman–Crippen MR) is 94.6 cm³/mol. The van der Waals surface area contributed by atoms with Gasteiger partial charge >= 0.3 is 0 Å². The van der Waals surface area contributed by atoms with E-state index in [-0.39, 0.29) is 0 Å². The number of benzene rings is 2. The van der Waals surface area contributed by atoms with Crippen LogP contribution in [0.1, 0.15) is 4.88 Å². The molecular formula is C16H14BrNO2S2. The van der Waals surface area contributed by atoms with Crippen molar-refractivity contribution < 1.29 is 8.42 Å². The van der Waals surface area contributed by atoms with Crippen molar-refractivity contribution in [2.24, 2.45) is 0 Å². The zero-order valence-corrected chi connectivity index (χ0v) is 15.1. The molecule has 0 N–H and O–H groups in total. The summed E-state index contributed by atoms with van der Waals surface area (Å²) in [7, 11) is -1.89. The molecule has 3 aromatic rings. The first-order valence-electron chi connectivity index (χ1n) is 6.66. The maximum absolute atomic E-state index is 12.7. The largest absolute Gasteiger partial charge is 0.243 e. The van der Waals surface area contributed by atoms with Gasteiger partial charge in [-0.05, 0) is 51.0 Å². The SMILES string of the molecule is CN(Cc1ccc(Br)s1)S(=O)(=O)c1ccc2ccccc2c1. The quantitative estimate of drug-likeness (QED) is 0.652. The lowest BCUT2D eigenvalue weighted by atomic mass is 10.1. The van der Waals surface area contributed by atoms with Gasteiger partial charge in [-0.3, -0.25) is 0 Å².